The highest BCUT2D eigenvalue weighted by Gasteiger charge is 2.35. The van der Waals surface area contributed by atoms with Crippen LogP contribution in [0, 0.1) is 12.8 Å². The quantitative estimate of drug-likeness (QED) is 0.598. The van der Waals surface area contributed by atoms with Crippen LogP contribution in [0.1, 0.15) is 88.9 Å². The number of carbonyl (C=O) groups excluding carboxylic acids is 1. The van der Waals surface area contributed by atoms with Gasteiger partial charge in [0.15, 0.2) is 5.65 Å². The minimum atomic E-state index is 0.0402. The number of hydrogen-bond acceptors (Lipinski definition) is 6. The Labute approximate surface area is 216 Å². The first-order chi connectivity index (χ1) is 17.4. The van der Waals surface area contributed by atoms with Gasteiger partial charge in [0.05, 0.1) is 11.7 Å². The standard InChI is InChI=1S/C28H45N7O/c1-4-9-22(16-21(3)32-12-7-8-13-32)28(36)34-14-6-5-10-25(34)24-17-26-30-27(20(2)18-35(26)31-24)33-15-11-23(29)19-33/h17-18,21-23,25H,4-16,19,29H2,1-3H3/t21?,22?,23-,25-/m0/s1. The van der Waals surface area contributed by atoms with Crippen molar-refractivity contribution in [2.24, 2.45) is 11.7 Å². The molecule has 4 atom stereocenters. The van der Waals surface area contributed by atoms with Crippen LogP contribution >= 0.6 is 0 Å². The number of likely N-dealkylation sites (tertiary alicyclic amines) is 2. The molecule has 3 saturated heterocycles. The lowest BCUT2D eigenvalue weighted by Gasteiger charge is -2.38. The van der Waals surface area contributed by atoms with E-state index in [0.29, 0.717) is 11.9 Å². The van der Waals surface area contributed by atoms with Gasteiger partial charge in [-0.2, -0.15) is 5.10 Å². The molecule has 8 heteroatoms. The molecule has 8 nitrogen and oxygen atoms in total. The van der Waals surface area contributed by atoms with Crippen LogP contribution in [0.4, 0.5) is 5.82 Å². The first kappa shape index (κ1) is 25.5. The van der Waals surface area contributed by atoms with Crippen LogP contribution in [0.25, 0.3) is 5.65 Å². The Morgan fingerprint density at radius 1 is 1.14 bits per heavy atom. The Hall–Kier alpha value is -2.19. The molecule has 2 aromatic heterocycles. The van der Waals surface area contributed by atoms with Crippen molar-refractivity contribution in [1.82, 2.24) is 24.4 Å². The van der Waals surface area contributed by atoms with Crippen LogP contribution in [0.15, 0.2) is 12.3 Å². The van der Waals surface area contributed by atoms with Crippen LogP contribution in [-0.2, 0) is 4.79 Å². The van der Waals surface area contributed by atoms with E-state index >= 15 is 0 Å². The van der Waals surface area contributed by atoms with Crippen LogP contribution < -0.4 is 10.6 Å². The number of aryl methyl sites for hydroxylation is 1. The lowest BCUT2D eigenvalue weighted by Crippen LogP contribution is -2.44. The molecule has 5 heterocycles. The molecule has 0 aromatic carbocycles. The summed E-state index contributed by atoms with van der Waals surface area (Å²) in [7, 11) is 0. The average molecular weight is 496 g/mol. The molecule has 36 heavy (non-hydrogen) atoms. The number of carbonyl (C=O) groups is 1. The molecular weight excluding hydrogens is 450 g/mol. The van der Waals surface area contributed by atoms with Gasteiger partial charge in [0.25, 0.3) is 0 Å². The zero-order chi connectivity index (χ0) is 25.2. The van der Waals surface area contributed by atoms with Gasteiger partial charge in [0, 0.05) is 55.5 Å². The first-order valence-corrected chi connectivity index (χ1v) is 14.4. The molecule has 2 N–H and O–H groups in total. The summed E-state index contributed by atoms with van der Waals surface area (Å²) in [6, 6.07) is 2.83. The van der Waals surface area contributed by atoms with Gasteiger partial charge < -0.3 is 20.4 Å². The van der Waals surface area contributed by atoms with Crippen LogP contribution in [0.2, 0.25) is 0 Å². The minimum absolute atomic E-state index is 0.0402. The summed E-state index contributed by atoms with van der Waals surface area (Å²) < 4.78 is 1.90. The SMILES string of the molecule is CCCC(CC(C)N1CCCC1)C(=O)N1CCCC[C@H]1c1cc2nc(N3CC[C@H](N)C3)c(C)cn2n1. The number of amides is 1. The Morgan fingerprint density at radius 3 is 2.64 bits per heavy atom. The lowest BCUT2D eigenvalue weighted by atomic mass is 9.91. The van der Waals surface area contributed by atoms with Crippen LogP contribution in [-0.4, -0.2) is 75.1 Å². The fourth-order valence-corrected chi connectivity index (χ4v) is 6.65. The van der Waals surface area contributed by atoms with Gasteiger partial charge in [-0.1, -0.05) is 13.3 Å². The zero-order valence-corrected chi connectivity index (χ0v) is 22.5. The highest BCUT2D eigenvalue weighted by atomic mass is 16.2. The third-order valence-electron chi connectivity index (χ3n) is 8.65. The molecule has 0 radical (unpaired) electrons. The average Bonchev–Trinajstić information content (AvgIpc) is 3.64. The maximum Gasteiger partial charge on any atom is 0.226 e. The molecule has 2 aromatic rings. The van der Waals surface area contributed by atoms with Crippen molar-refractivity contribution in [3.05, 3.63) is 23.5 Å². The third-order valence-corrected chi connectivity index (χ3v) is 8.65. The summed E-state index contributed by atoms with van der Waals surface area (Å²) in [4.78, 5) is 26.0. The van der Waals surface area contributed by atoms with Crippen molar-refractivity contribution in [1.29, 1.82) is 0 Å². The second-order valence-electron chi connectivity index (χ2n) is 11.5. The lowest BCUT2D eigenvalue weighted by molar-refractivity contribution is -0.140. The fourth-order valence-electron chi connectivity index (χ4n) is 6.65. The predicted molar refractivity (Wildman–Crippen MR) is 144 cm³/mol. The van der Waals surface area contributed by atoms with Gasteiger partial charge in [0.2, 0.25) is 5.91 Å². The molecule has 2 unspecified atom stereocenters. The highest BCUT2D eigenvalue weighted by Crippen LogP contribution is 2.34. The van der Waals surface area contributed by atoms with Crippen molar-refractivity contribution in [3.63, 3.8) is 0 Å². The van der Waals surface area contributed by atoms with E-state index in [1.54, 1.807) is 0 Å². The van der Waals surface area contributed by atoms with Gasteiger partial charge in [0.1, 0.15) is 5.82 Å². The normalized spacial score (nSPS) is 25.1. The summed E-state index contributed by atoms with van der Waals surface area (Å²) >= 11 is 0. The smallest absolute Gasteiger partial charge is 0.226 e. The van der Waals surface area contributed by atoms with Crippen LogP contribution in [0.5, 0.6) is 0 Å². The molecule has 1 amide bonds. The van der Waals surface area contributed by atoms with Gasteiger partial charge in [-0.3, -0.25) is 4.79 Å². The third kappa shape index (κ3) is 5.25. The number of fused-ring (bicyclic) bond motifs is 1. The number of anilines is 1. The number of hydrogen-bond donors (Lipinski definition) is 1. The molecule has 5 rings (SSSR count). The van der Waals surface area contributed by atoms with E-state index in [9.17, 15) is 4.79 Å². The van der Waals surface area contributed by atoms with E-state index in [0.717, 1.165) is 87.3 Å². The summed E-state index contributed by atoms with van der Waals surface area (Å²) in [5, 5.41) is 4.95. The van der Waals surface area contributed by atoms with E-state index in [1.165, 1.54) is 25.9 Å². The molecule has 0 bridgehead atoms. The monoisotopic (exact) mass is 495 g/mol. The number of piperidine rings is 1. The molecule has 0 spiro atoms. The molecule has 3 aliphatic rings. The number of nitrogens with zero attached hydrogens (tertiary/aromatic N) is 6. The Morgan fingerprint density at radius 2 is 1.92 bits per heavy atom. The van der Waals surface area contributed by atoms with E-state index in [4.69, 9.17) is 15.8 Å². The second kappa shape index (κ2) is 11.1. The van der Waals surface area contributed by atoms with E-state index in [-0.39, 0.29) is 18.0 Å². The van der Waals surface area contributed by atoms with Gasteiger partial charge in [-0.15, -0.1) is 0 Å². The molecular formula is C28H45N7O. The van der Waals surface area contributed by atoms with Gasteiger partial charge in [-0.05, 0) is 78.3 Å². The maximum absolute atomic E-state index is 14.0. The summed E-state index contributed by atoms with van der Waals surface area (Å²) in [5.74, 6) is 1.44. The van der Waals surface area contributed by atoms with Gasteiger partial charge >= 0.3 is 0 Å². The largest absolute Gasteiger partial charge is 0.355 e. The topological polar surface area (TPSA) is 83.0 Å². The molecule has 0 saturated carbocycles. The molecule has 198 valence electrons. The molecule has 3 aliphatic heterocycles. The zero-order valence-electron chi connectivity index (χ0n) is 22.5. The van der Waals surface area contributed by atoms with Crippen LogP contribution in [0.3, 0.4) is 0 Å². The Bertz CT molecular complexity index is 1050. The van der Waals surface area contributed by atoms with Crippen molar-refractivity contribution in [3.8, 4) is 0 Å². The van der Waals surface area contributed by atoms with E-state index < -0.39 is 0 Å². The number of aromatic nitrogens is 3. The Balaban J connectivity index is 1.37. The van der Waals surface area contributed by atoms with Crippen molar-refractivity contribution >= 4 is 17.4 Å². The maximum atomic E-state index is 14.0. The highest BCUT2D eigenvalue weighted by molar-refractivity contribution is 5.79. The molecule has 3 fully saturated rings. The minimum Gasteiger partial charge on any atom is -0.355 e. The van der Waals surface area contributed by atoms with E-state index in [1.807, 2.05) is 4.52 Å². The second-order valence-corrected chi connectivity index (χ2v) is 11.5. The first-order valence-electron chi connectivity index (χ1n) is 14.4. The van der Waals surface area contributed by atoms with Crippen molar-refractivity contribution in [2.45, 2.75) is 96.7 Å². The van der Waals surface area contributed by atoms with E-state index in [2.05, 4.69) is 47.7 Å². The fraction of sp³-hybridized carbons (Fsp3) is 0.750. The predicted octanol–water partition coefficient (Wildman–Crippen LogP) is 3.92. The number of nitrogens with two attached hydrogens (primary N) is 1. The summed E-state index contributed by atoms with van der Waals surface area (Å²) in [6.07, 6.45) is 11.8. The summed E-state index contributed by atoms with van der Waals surface area (Å²) in [5.41, 5.74) is 9.11. The van der Waals surface area contributed by atoms with Crippen molar-refractivity contribution in [2.75, 3.05) is 37.6 Å². The summed E-state index contributed by atoms with van der Waals surface area (Å²) in [6.45, 7) is 11.6. The number of rotatable bonds is 8. The van der Waals surface area contributed by atoms with Crippen molar-refractivity contribution < 1.29 is 4.79 Å². The Kier molecular flexibility index (Phi) is 7.82. The van der Waals surface area contributed by atoms with Gasteiger partial charge in [-0.25, -0.2) is 9.50 Å². The molecule has 0 aliphatic carbocycles.